The molecule has 13 heteroatoms. The second-order valence-electron chi connectivity index (χ2n) is 7.60. The van der Waals surface area contributed by atoms with Crippen molar-refractivity contribution in [1.82, 2.24) is 14.9 Å². The lowest BCUT2D eigenvalue weighted by molar-refractivity contribution is -0.142. The van der Waals surface area contributed by atoms with Gasteiger partial charge in [-0.05, 0) is 43.3 Å². The van der Waals surface area contributed by atoms with E-state index in [9.17, 15) is 27.2 Å². The molecule has 4 rings (SSSR count). The number of hydrogen-bond acceptors (Lipinski definition) is 6. The van der Waals surface area contributed by atoms with Crippen LogP contribution in [0.15, 0.2) is 53.2 Å². The molecular weight excluding hydrogens is 520 g/mol. The number of hydrogen-bond donors (Lipinski definition) is 1. The zero-order valence-electron chi connectivity index (χ0n) is 19.2. The number of carbonyl (C=O) groups excluding carboxylic acids is 2. The highest BCUT2D eigenvalue weighted by Gasteiger charge is 2.42. The van der Waals surface area contributed by atoms with Gasteiger partial charge in [-0.2, -0.15) is 18.3 Å². The van der Waals surface area contributed by atoms with Crippen molar-refractivity contribution in [3.63, 3.8) is 0 Å². The van der Waals surface area contributed by atoms with Crippen LogP contribution < -0.4 is 5.32 Å². The Hall–Kier alpha value is -4.19. The Morgan fingerprint density at radius 3 is 2.46 bits per heavy atom. The number of esters is 1. The average molecular weight is 537 g/mol. The van der Waals surface area contributed by atoms with Crippen LogP contribution in [0.3, 0.4) is 0 Å². The van der Waals surface area contributed by atoms with Crippen molar-refractivity contribution in [3.8, 4) is 28.3 Å². The summed E-state index contributed by atoms with van der Waals surface area (Å²) in [5.74, 6) is -2.94. The van der Waals surface area contributed by atoms with Crippen molar-refractivity contribution in [2.24, 2.45) is 0 Å². The third-order valence-corrected chi connectivity index (χ3v) is 5.40. The van der Waals surface area contributed by atoms with E-state index in [-0.39, 0.29) is 28.8 Å². The summed E-state index contributed by atoms with van der Waals surface area (Å²) in [6.07, 6.45) is -4.13. The maximum atomic E-state index is 14.6. The molecule has 1 N–H and O–H groups in total. The number of amides is 1. The highest BCUT2D eigenvalue weighted by Crippen LogP contribution is 2.43. The van der Waals surface area contributed by atoms with Gasteiger partial charge in [0.1, 0.15) is 17.1 Å². The van der Waals surface area contributed by atoms with Crippen LogP contribution in [-0.4, -0.2) is 33.4 Å². The van der Waals surface area contributed by atoms with E-state index in [2.05, 4.69) is 15.6 Å². The minimum atomic E-state index is -4.98. The Morgan fingerprint density at radius 1 is 1.16 bits per heavy atom. The standard InChI is InChI=1S/C24H17ClF4N4O4/c1-3-36-23(35)19-20(18-16(25)5-4-6-17(18)26)32-37-21(19)15-11-30-33(22(15)24(27,28)29)14-9-7-13(8-10-14)31-12(2)34/h4-11H,3H2,1-2H3,(H,31,34). The van der Waals surface area contributed by atoms with Gasteiger partial charge in [0.15, 0.2) is 11.5 Å². The van der Waals surface area contributed by atoms with E-state index in [1.165, 1.54) is 50.2 Å². The lowest BCUT2D eigenvalue weighted by Crippen LogP contribution is -2.15. The fraction of sp³-hybridized carbons (Fsp3) is 0.167. The molecule has 2 aromatic heterocycles. The first-order valence-corrected chi connectivity index (χ1v) is 11.1. The van der Waals surface area contributed by atoms with Gasteiger partial charge >= 0.3 is 12.1 Å². The smallest absolute Gasteiger partial charge is 0.434 e. The topological polar surface area (TPSA) is 99.2 Å². The molecule has 0 aliphatic rings. The molecule has 0 saturated heterocycles. The van der Waals surface area contributed by atoms with Crippen LogP contribution in [0.1, 0.15) is 29.9 Å². The van der Waals surface area contributed by atoms with Gasteiger partial charge in [0.05, 0.1) is 34.6 Å². The van der Waals surface area contributed by atoms with Gasteiger partial charge in [-0.3, -0.25) is 4.79 Å². The van der Waals surface area contributed by atoms with Crippen molar-refractivity contribution in [3.05, 3.63) is 70.8 Å². The summed E-state index contributed by atoms with van der Waals surface area (Å²) in [7, 11) is 0. The molecule has 8 nitrogen and oxygen atoms in total. The fourth-order valence-electron chi connectivity index (χ4n) is 3.63. The molecule has 0 radical (unpaired) electrons. The van der Waals surface area contributed by atoms with Gasteiger partial charge in [0.2, 0.25) is 5.91 Å². The number of nitrogens with one attached hydrogen (secondary N) is 1. The molecule has 0 atom stereocenters. The van der Waals surface area contributed by atoms with Crippen molar-refractivity contribution in [2.75, 3.05) is 11.9 Å². The number of anilines is 1. The molecule has 0 saturated carbocycles. The molecule has 0 spiro atoms. The second kappa shape index (κ2) is 10.1. The molecule has 37 heavy (non-hydrogen) atoms. The lowest BCUT2D eigenvalue weighted by Gasteiger charge is -2.13. The first-order valence-electron chi connectivity index (χ1n) is 10.7. The van der Waals surface area contributed by atoms with Crippen LogP contribution in [0.5, 0.6) is 0 Å². The fourth-order valence-corrected chi connectivity index (χ4v) is 3.89. The monoisotopic (exact) mass is 536 g/mol. The number of benzene rings is 2. The number of carbonyl (C=O) groups is 2. The maximum Gasteiger partial charge on any atom is 0.434 e. The summed E-state index contributed by atoms with van der Waals surface area (Å²) < 4.78 is 68.4. The Labute approximate surface area is 211 Å². The van der Waals surface area contributed by atoms with Crippen LogP contribution in [0.25, 0.3) is 28.3 Å². The van der Waals surface area contributed by atoms with Crippen molar-refractivity contribution in [2.45, 2.75) is 20.0 Å². The predicted octanol–water partition coefficient (Wildman–Crippen LogP) is 6.14. The molecule has 2 heterocycles. The summed E-state index contributed by atoms with van der Waals surface area (Å²) in [4.78, 5) is 24.1. The highest BCUT2D eigenvalue weighted by molar-refractivity contribution is 6.33. The predicted molar refractivity (Wildman–Crippen MR) is 125 cm³/mol. The van der Waals surface area contributed by atoms with Crippen LogP contribution in [0.4, 0.5) is 23.2 Å². The molecule has 0 unspecified atom stereocenters. The van der Waals surface area contributed by atoms with Gasteiger partial charge in [-0.1, -0.05) is 22.8 Å². The summed E-state index contributed by atoms with van der Waals surface area (Å²) in [5.41, 5.74) is -2.85. The van der Waals surface area contributed by atoms with Crippen LogP contribution in [-0.2, 0) is 15.7 Å². The quantitative estimate of drug-likeness (QED) is 0.235. The molecular formula is C24H17ClF4N4O4. The Balaban J connectivity index is 1.93. The van der Waals surface area contributed by atoms with E-state index in [1.807, 2.05) is 0 Å². The Kier molecular flexibility index (Phi) is 7.03. The number of aromatic nitrogens is 3. The number of alkyl halides is 3. The minimum Gasteiger partial charge on any atom is -0.462 e. The molecule has 0 aliphatic heterocycles. The Morgan fingerprint density at radius 2 is 1.86 bits per heavy atom. The molecule has 0 fully saturated rings. The second-order valence-corrected chi connectivity index (χ2v) is 8.00. The van der Waals surface area contributed by atoms with Gasteiger partial charge in [-0.15, -0.1) is 0 Å². The van der Waals surface area contributed by atoms with Crippen molar-refractivity contribution < 1.29 is 36.4 Å². The first-order chi connectivity index (χ1) is 17.5. The van der Waals surface area contributed by atoms with E-state index in [0.29, 0.717) is 10.4 Å². The molecule has 2 aromatic carbocycles. The van der Waals surface area contributed by atoms with Crippen LogP contribution >= 0.6 is 11.6 Å². The van der Waals surface area contributed by atoms with E-state index in [0.717, 1.165) is 12.3 Å². The summed E-state index contributed by atoms with van der Waals surface area (Å²) in [6.45, 7) is 2.65. The number of ether oxygens (including phenoxy) is 1. The molecule has 1 amide bonds. The largest absolute Gasteiger partial charge is 0.462 e. The zero-order valence-corrected chi connectivity index (χ0v) is 19.9. The van der Waals surface area contributed by atoms with Crippen LogP contribution in [0, 0.1) is 5.82 Å². The van der Waals surface area contributed by atoms with E-state index < -0.39 is 46.2 Å². The minimum absolute atomic E-state index is 0.00208. The van der Waals surface area contributed by atoms with Gasteiger partial charge in [0, 0.05) is 12.6 Å². The van der Waals surface area contributed by atoms with Crippen molar-refractivity contribution in [1.29, 1.82) is 0 Å². The average Bonchev–Trinajstić information content (AvgIpc) is 3.44. The number of halogens is 5. The number of rotatable bonds is 6. The molecule has 0 bridgehead atoms. The zero-order chi connectivity index (χ0) is 26.9. The lowest BCUT2D eigenvalue weighted by atomic mass is 10.0. The highest BCUT2D eigenvalue weighted by atomic mass is 35.5. The third-order valence-electron chi connectivity index (χ3n) is 5.09. The SMILES string of the molecule is CCOC(=O)c1c(-c2c(F)cccc2Cl)noc1-c1cnn(-c2ccc(NC(C)=O)cc2)c1C(F)(F)F. The summed E-state index contributed by atoms with van der Waals surface area (Å²) in [5, 5.41) is 9.91. The Bertz CT molecular complexity index is 1460. The summed E-state index contributed by atoms with van der Waals surface area (Å²) in [6, 6.07) is 9.11. The van der Waals surface area contributed by atoms with Gasteiger partial charge < -0.3 is 14.6 Å². The van der Waals surface area contributed by atoms with E-state index >= 15 is 0 Å². The molecule has 0 aliphatic carbocycles. The van der Waals surface area contributed by atoms with E-state index in [4.69, 9.17) is 20.9 Å². The summed E-state index contributed by atoms with van der Waals surface area (Å²) >= 11 is 6.11. The first kappa shape index (κ1) is 25.9. The van der Waals surface area contributed by atoms with Crippen molar-refractivity contribution >= 4 is 29.2 Å². The van der Waals surface area contributed by atoms with E-state index in [1.54, 1.807) is 0 Å². The number of nitrogens with zero attached hydrogens (tertiary/aromatic N) is 3. The van der Waals surface area contributed by atoms with Gasteiger partial charge in [0.25, 0.3) is 0 Å². The normalized spacial score (nSPS) is 11.4. The molecule has 4 aromatic rings. The molecule has 192 valence electrons. The van der Waals surface area contributed by atoms with Gasteiger partial charge in [-0.25, -0.2) is 13.9 Å². The van der Waals surface area contributed by atoms with Crippen LogP contribution in [0.2, 0.25) is 5.02 Å². The third kappa shape index (κ3) is 5.05. The maximum absolute atomic E-state index is 14.6.